The van der Waals surface area contributed by atoms with Gasteiger partial charge >= 0.3 is 0 Å². The minimum absolute atomic E-state index is 0.0686. The first-order valence-corrected chi connectivity index (χ1v) is 8.05. The third kappa shape index (κ3) is 4.22. The highest BCUT2D eigenvalue weighted by Crippen LogP contribution is 2.28. The summed E-state index contributed by atoms with van der Waals surface area (Å²) >= 11 is 6.45. The monoisotopic (exact) mass is 336 g/mol. The Bertz CT molecular complexity index is 727. The van der Waals surface area contributed by atoms with Crippen LogP contribution in [-0.2, 0) is 9.59 Å². The smallest absolute Gasteiger partial charge is 0.225 e. The van der Waals surface area contributed by atoms with Crippen LogP contribution in [0, 0.1) is 0 Å². The lowest BCUT2D eigenvalue weighted by molar-refractivity contribution is -0.119. The third-order valence-corrected chi connectivity index (χ3v) is 3.93. The van der Waals surface area contributed by atoms with Crippen molar-refractivity contribution in [2.75, 3.05) is 10.6 Å². The van der Waals surface area contributed by atoms with E-state index in [4.69, 9.17) is 12.2 Å². The SMILES string of the molecule is CCC(=O)NC(=S)Nc1ccc2nc(NC(=O)CC)sc2c1. The molecule has 0 atom stereocenters. The maximum Gasteiger partial charge on any atom is 0.225 e. The number of rotatable bonds is 4. The highest BCUT2D eigenvalue weighted by atomic mass is 32.1. The average Bonchev–Trinajstić information content (AvgIpc) is 2.88. The number of hydrogen-bond donors (Lipinski definition) is 3. The highest BCUT2D eigenvalue weighted by Gasteiger charge is 2.08. The quantitative estimate of drug-likeness (QED) is 0.748. The fourth-order valence-electron chi connectivity index (χ4n) is 1.64. The summed E-state index contributed by atoms with van der Waals surface area (Å²) < 4.78 is 0.918. The van der Waals surface area contributed by atoms with Gasteiger partial charge in [-0.25, -0.2) is 4.98 Å². The molecule has 116 valence electrons. The van der Waals surface area contributed by atoms with E-state index in [1.165, 1.54) is 11.3 Å². The van der Waals surface area contributed by atoms with Crippen molar-refractivity contribution in [2.45, 2.75) is 26.7 Å². The molecule has 1 aromatic carbocycles. The fourth-order valence-corrected chi connectivity index (χ4v) is 2.79. The van der Waals surface area contributed by atoms with Gasteiger partial charge in [-0.2, -0.15) is 0 Å². The van der Waals surface area contributed by atoms with Crippen LogP contribution in [0.15, 0.2) is 18.2 Å². The topological polar surface area (TPSA) is 83.1 Å². The van der Waals surface area contributed by atoms with E-state index in [0.29, 0.717) is 18.0 Å². The highest BCUT2D eigenvalue weighted by molar-refractivity contribution is 7.80. The van der Waals surface area contributed by atoms with Gasteiger partial charge in [0, 0.05) is 18.5 Å². The van der Waals surface area contributed by atoms with Gasteiger partial charge in [0.15, 0.2) is 10.2 Å². The normalized spacial score (nSPS) is 10.3. The van der Waals surface area contributed by atoms with Crippen molar-refractivity contribution in [1.82, 2.24) is 10.3 Å². The summed E-state index contributed by atoms with van der Waals surface area (Å²) in [6.07, 6.45) is 0.782. The van der Waals surface area contributed by atoms with E-state index in [1.807, 2.05) is 18.2 Å². The number of hydrogen-bond acceptors (Lipinski definition) is 5. The van der Waals surface area contributed by atoms with Crippen molar-refractivity contribution in [3.8, 4) is 0 Å². The number of benzene rings is 1. The molecule has 0 fully saturated rings. The van der Waals surface area contributed by atoms with E-state index in [9.17, 15) is 9.59 Å². The second-order valence-electron chi connectivity index (χ2n) is 4.46. The molecule has 0 radical (unpaired) electrons. The third-order valence-electron chi connectivity index (χ3n) is 2.79. The molecular formula is C14H16N4O2S2. The van der Waals surface area contributed by atoms with Gasteiger partial charge in [0.05, 0.1) is 10.2 Å². The maximum absolute atomic E-state index is 11.4. The number of amides is 2. The minimum atomic E-state index is -0.138. The first kappa shape index (κ1) is 16.3. The predicted molar refractivity (Wildman–Crippen MR) is 93.2 cm³/mol. The summed E-state index contributed by atoms with van der Waals surface area (Å²) in [5, 5.41) is 9.10. The summed E-state index contributed by atoms with van der Waals surface area (Å²) in [6.45, 7) is 3.55. The maximum atomic E-state index is 11.4. The number of thiocarbonyl (C=S) groups is 1. The van der Waals surface area contributed by atoms with E-state index in [1.54, 1.807) is 13.8 Å². The number of aromatic nitrogens is 1. The molecule has 22 heavy (non-hydrogen) atoms. The molecule has 1 aromatic heterocycles. The van der Waals surface area contributed by atoms with Crippen molar-refractivity contribution in [3.05, 3.63) is 18.2 Å². The molecule has 0 saturated heterocycles. The molecule has 0 spiro atoms. The van der Waals surface area contributed by atoms with Gasteiger partial charge in [-0.05, 0) is 30.4 Å². The number of carbonyl (C=O) groups excluding carboxylic acids is 2. The second kappa shape index (κ2) is 7.28. The summed E-state index contributed by atoms with van der Waals surface area (Å²) in [5.41, 5.74) is 1.55. The average molecular weight is 336 g/mol. The van der Waals surface area contributed by atoms with Gasteiger partial charge in [0.25, 0.3) is 0 Å². The zero-order valence-corrected chi connectivity index (χ0v) is 13.9. The zero-order valence-electron chi connectivity index (χ0n) is 12.2. The van der Waals surface area contributed by atoms with Crippen LogP contribution in [0.3, 0.4) is 0 Å². The van der Waals surface area contributed by atoms with Crippen LogP contribution in [0.2, 0.25) is 0 Å². The molecule has 2 amide bonds. The summed E-state index contributed by atoms with van der Waals surface area (Å²) in [6, 6.07) is 5.52. The van der Waals surface area contributed by atoms with Crippen LogP contribution in [-0.4, -0.2) is 21.9 Å². The van der Waals surface area contributed by atoms with Gasteiger partial charge in [0.2, 0.25) is 11.8 Å². The molecule has 0 aliphatic heterocycles. The molecule has 0 bridgehead atoms. The Labute approximate surface area is 137 Å². The molecule has 0 unspecified atom stereocenters. The van der Waals surface area contributed by atoms with E-state index in [2.05, 4.69) is 20.9 Å². The number of nitrogens with one attached hydrogen (secondary N) is 3. The first-order valence-electron chi connectivity index (χ1n) is 6.83. The Morgan fingerprint density at radius 1 is 1.18 bits per heavy atom. The predicted octanol–water partition coefficient (Wildman–Crippen LogP) is 2.87. The molecule has 8 heteroatoms. The number of thiazole rings is 1. The summed E-state index contributed by atoms with van der Waals surface area (Å²) in [4.78, 5) is 27.0. The van der Waals surface area contributed by atoms with Gasteiger partial charge < -0.3 is 16.0 Å². The lowest BCUT2D eigenvalue weighted by Crippen LogP contribution is -2.33. The van der Waals surface area contributed by atoms with Gasteiger partial charge in [-0.15, -0.1) is 0 Å². The lowest BCUT2D eigenvalue weighted by atomic mass is 10.3. The molecule has 0 saturated carbocycles. The largest absolute Gasteiger partial charge is 0.332 e. The molecular weight excluding hydrogens is 320 g/mol. The molecule has 2 aromatic rings. The summed E-state index contributed by atoms with van der Waals surface area (Å²) in [7, 11) is 0. The van der Waals surface area contributed by atoms with Crippen molar-refractivity contribution in [3.63, 3.8) is 0 Å². The fraction of sp³-hybridized carbons (Fsp3) is 0.286. The number of carbonyl (C=O) groups is 2. The number of fused-ring (bicyclic) bond motifs is 1. The molecule has 6 nitrogen and oxygen atoms in total. The molecule has 0 aliphatic rings. The van der Waals surface area contributed by atoms with Gasteiger partial charge in [-0.3, -0.25) is 9.59 Å². The number of anilines is 2. The minimum Gasteiger partial charge on any atom is -0.332 e. The van der Waals surface area contributed by atoms with Crippen LogP contribution in [0.5, 0.6) is 0 Å². The Kier molecular flexibility index (Phi) is 5.40. The second-order valence-corrected chi connectivity index (χ2v) is 5.90. The Morgan fingerprint density at radius 3 is 2.59 bits per heavy atom. The van der Waals surface area contributed by atoms with Crippen molar-refractivity contribution in [1.29, 1.82) is 0 Å². The van der Waals surface area contributed by atoms with Crippen LogP contribution < -0.4 is 16.0 Å². The van der Waals surface area contributed by atoms with Gasteiger partial charge in [-0.1, -0.05) is 25.2 Å². The Balaban J connectivity index is 2.11. The van der Waals surface area contributed by atoms with E-state index in [0.717, 1.165) is 15.9 Å². The Morgan fingerprint density at radius 2 is 1.91 bits per heavy atom. The number of nitrogens with zero attached hydrogens (tertiary/aromatic N) is 1. The van der Waals surface area contributed by atoms with Gasteiger partial charge in [0.1, 0.15) is 0 Å². The molecule has 2 rings (SSSR count). The van der Waals surface area contributed by atoms with Crippen molar-refractivity contribution >= 4 is 61.5 Å². The Hall–Kier alpha value is -2.06. The standard InChI is InChI=1S/C14H16N4O2S2/c1-3-11(19)17-13(21)15-8-5-6-9-10(7-8)22-14(16-9)18-12(20)4-2/h5-7H,3-4H2,1-2H3,(H,16,18,20)(H2,15,17,19,21). The van der Waals surface area contributed by atoms with Crippen LogP contribution in [0.25, 0.3) is 10.2 Å². The van der Waals surface area contributed by atoms with Crippen LogP contribution >= 0.6 is 23.6 Å². The van der Waals surface area contributed by atoms with Crippen molar-refractivity contribution < 1.29 is 9.59 Å². The zero-order chi connectivity index (χ0) is 16.1. The van der Waals surface area contributed by atoms with E-state index in [-0.39, 0.29) is 16.9 Å². The van der Waals surface area contributed by atoms with E-state index >= 15 is 0 Å². The van der Waals surface area contributed by atoms with E-state index < -0.39 is 0 Å². The molecule has 3 N–H and O–H groups in total. The molecule has 1 heterocycles. The van der Waals surface area contributed by atoms with Crippen molar-refractivity contribution in [2.24, 2.45) is 0 Å². The summed E-state index contributed by atoms with van der Waals surface area (Å²) in [5.74, 6) is -0.207. The van der Waals surface area contributed by atoms with Crippen LogP contribution in [0.4, 0.5) is 10.8 Å². The lowest BCUT2D eigenvalue weighted by Gasteiger charge is -2.08. The molecule has 0 aliphatic carbocycles. The van der Waals surface area contributed by atoms with Crippen LogP contribution in [0.1, 0.15) is 26.7 Å². The first-order chi connectivity index (χ1) is 10.5.